The lowest BCUT2D eigenvalue weighted by Gasteiger charge is -2.10. The highest BCUT2D eigenvalue weighted by Gasteiger charge is 2.04. The van der Waals surface area contributed by atoms with Gasteiger partial charge in [-0.15, -0.1) is 11.3 Å². The van der Waals surface area contributed by atoms with E-state index >= 15 is 0 Å². The molecule has 6 heteroatoms. The van der Waals surface area contributed by atoms with Crippen molar-refractivity contribution in [1.29, 1.82) is 0 Å². The van der Waals surface area contributed by atoms with E-state index in [4.69, 9.17) is 0 Å². The Labute approximate surface area is 137 Å². The normalized spacial score (nSPS) is 11.7. The van der Waals surface area contributed by atoms with E-state index in [2.05, 4.69) is 47.6 Å². The lowest BCUT2D eigenvalue weighted by molar-refractivity contribution is 0.771. The number of thioether (sulfide) groups is 1. The molecule has 0 amide bonds. The van der Waals surface area contributed by atoms with Gasteiger partial charge in [-0.25, -0.2) is 4.98 Å². The minimum Gasteiger partial charge on any atom is -0.357 e. The number of nitrogens with zero attached hydrogens (tertiary/aromatic N) is 2. The Bertz CT molecular complexity index is 429. The van der Waals surface area contributed by atoms with Gasteiger partial charge in [0.25, 0.3) is 0 Å². The number of aryl methyl sites for hydroxylation is 2. The summed E-state index contributed by atoms with van der Waals surface area (Å²) in [4.78, 5) is 10.5. The average Bonchev–Trinajstić information content (AvgIpc) is 2.77. The number of aromatic nitrogens is 1. The number of rotatable bonds is 9. The van der Waals surface area contributed by atoms with Crippen molar-refractivity contribution in [2.75, 3.05) is 31.6 Å². The van der Waals surface area contributed by atoms with Crippen LogP contribution in [0.15, 0.2) is 4.99 Å². The van der Waals surface area contributed by atoms with Crippen LogP contribution in [-0.4, -0.2) is 42.6 Å². The second-order valence-electron chi connectivity index (χ2n) is 4.88. The highest BCUT2D eigenvalue weighted by atomic mass is 32.2. The first-order valence-corrected chi connectivity index (χ1v) is 9.82. The van der Waals surface area contributed by atoms with Crippen molar-refractivity contribution >= 4 is 29.1 Å². The summed E-state index contributed by atoms with van der Waals surface area (Å²) in [5, 5.41) is 7.86. The topological polar surface area (TPSA) is 49.3 Å². The van der Waals surface area contributed by atoms with E-state index in [1.807, 2.05) is 11.8 Å². The minimum absolute atomic E-state index is 0.897. The fourth-order valence-corrected chi connectivity index (χ4v) is 3.42. The Morgan fingerprint density at radius 1 is 1.29 bits per heavy atom. The van der Waals surface area contributed by atoms with Crippen LogP contribution in [0.2, 0.25) is 0 Å². The summed E-state index contributed by atoms with van der Waals surface area (Å²) in [7, 11) is 0. The van der Waals surface area contributed by atoms with Gasteiger partial charge in [0.15, 0.2) is 5.96 Å². The predicted octanol–water partition coefficient (Wildman–Crippen LogP) is 3.00. The molecule has 0 aromatic carbocycles. The second-order valence-corrected chi connectivity index (χ2v) is 7.15. The molecule has 0 radical (unpaired) electrons. The van der Waals surface area contributed by atoms with Gasteiger partial charge in [0.1, 0.15) is 0 Å². The SMILES string of the molecule is CCNC(=NCCCCSC)NCCc1sc(C)nc1C. The number of hydrogen-bond donors (Lipinski definition) is 2. The molecule has 0 bridgehead atoms. The summed E-state index contributed by atoms with van der Waals surface area (Å²) < 4.78 is 0. The zero-order valence-electron chi connectivity index (χ0n) is 13.7. The summed E-state index contributed by atoms with van der Waals surface area (Å²) >= 11 is 3.69. The molecule has 0 aliphatic rings. The van der Waals surface area contributed by atoms with Gasteiger partial charge in [0, 0.05) is 30.9 Å². The van der Waals surface area contributed by atoms with Gasteiger partial charge >= 0.3 is 0 Å². The number of aliphatic imine (C=N–C) groups is 1. The molecule has 0 fully saturated rings. The third-order valence-corrected chi connectivity index (χ3v) is 4.84. The number of nitrogens with one attached hydrogen (secondary N) is 2. The lowest BCUT2D eigenvalue weighted by atomic mass is 10.3. The average molecular weight is 329 g/mol. The summed E-state index contributed by atoms with van der Waals surface area (Å²) in [6.07, 6.45) is 5.56. The second kappa shape index (κ2) is 10.9. The van der Waals surface area contributed by atoms with Gasteiger partial charge in [-0.05, 0) is 45.6 Å². The van der Waals surface area contributed by atoms with E-state index in [1.165, 1.54) is 22.7 Å². The van der Waals surface area contributed by atoms with Gasteiger partial charge in [-0.3, -0.25) is 4.99 Å². The Morgan fingerprint density at radius 3 is 2.71 bits per heavy atom. The van der Waals surface area contributed by atoms with E-state index in [1.54, 1.807) is 11.3 Å². The molecule has 0 atom stereocenters. The molecular formula is C15H28N4S2. The maximum absolute atomic E-state index is 4.62. The first kappa shape index (κ1) is 18.3. The zero-order valence-corrected chi connectivity index (χ0v) is 15.3. The van der Waals surface area contributed by atoms with Gasteiger partial charge in [0.05, 0.1) is 10.7 Å². The monoisotopic (exact) mass is 328 g/mol. The van der Waals surface area contributed by atoms with Gasteiger partial charge < -0.3 is 10.6 Å². The molecule has 120 valence electrons. The maximum Gasteiger partial charge on any atom is 0.191 e. The Morgan fingerprint density at radius 2 is 2.10 bits per heavy atom. The van der Waals surface area contributed by atoms with Crippen LogP contribution in [0.25, 0.3) is 0 Å². The fraction of sp³-hybridized carbons (Fsp3) is 0.733. The van der Waals surface area contributed by atoms with E-state index < -0.39 is 0 Å². The molecule has 0 spiro atoms. The molecular weight excluding hydrogens is 300 g/mol. The van der Waals surface area contributed by atoms with E-state index in [-0.39, 0.29) is 0 Å². The van der Waals surface area contributed by atoms with Crippen molar-refractivity contribution in [3.63, 3.8) is 0 Å². The molecule has 0 aliphatic heterocycles. The first-order valence-electron chi connectivity index (χ1n) is 7.61. The number of unbranched alkanes of at least 4 members (excludes halogenated alkanes) is 1. The fourth-order valence-electron chi connectivity index (χ4n) is 1.99. The molecule has 4 nitrogen and oxygen atoms in total. The van der Waals surface area contributed by atoms with E-state index in [0.29, 0.717) is 0 Å². The largest absolute Gasteiger partial charge is 0.357 e. The van der Waals surface area contributed by atoms with Crippen LogP contribution >= 0.6 is 23.1 Å². The quantitative estimate of drug-likeness (QED) is 0.416. The van der Waals surface area contributed by atoms with Gasteiger partial charge in [-0.1, -0.05) is 0 Å². The smallest absolute Gasteiger partial charge is 0.191 e. The zero-order chi connectivity index (χ0) is 15.5. The molecule has 1 aromatic rings. The third-order valence-electron chi connectivity index (χ3n) is 3.01. The first-order chi connectivity index (χ1) is 10.2. The highest BCUT2D eigenvalue weighted by molar-refractivity contribution is 7.98. The van der Waals surface area contributed by atoms with Crippen molar-refractivity contribution in [3.05, 3.63) is 15.6 Å². The minimum atomic E-state index is 0.897. The molecule has 0 saturated carbocycles. The van der Waals surface area contributed by atoms with Crippen LogP contribution in [-0.2, 0) is 6.42 Å². The third kappa shape index (κ3) is 7.71. The molecule has 0 saturated heterocycles. The van der Waals surface area contributed by atoms with Crippen molar-refractivity contribution in [2.45, 2.75) is 40.0 Å². The van der Waals surface area contributed by atoms with Crippen molar-refractivity contribution in [3.8, 4) is 0 Å². The summed E-state index contributed by atoms with van der Waals surface area (Å²) in [5.74, 6) is 2.16. The van der Waals surface area contributed by atoms with Gasteiger partial charge in [0.2, 0.25) is 0 Å². The number of thiazole rings is 1. The van der Waals surface area contributed by atoms with Crippen LogP contribution < -0.4 is 10.6 Å². The van der Waals surface area contributed by atoms with Gasteiger partial charge in [-0.2, -0.15) is 11.8 Å². The number of hydrogen-bond acceptors (Lipinski definition) is 4. The Balaban J connectivity index is 2.33. The number of guanidine groups is 1. The molecule has 1 heterocycles. The molecule has 2 N–H and O–H groups in total. The van der Waals surface area contributed by atoms with E-state index in [0.717, 1.165) is 43.4 Å². The highest BCUT2D eigenvalue weighted by Crippen LogP contribution is 2.16. The van der Waals surface area contributed by atoms with Crippen LogP contribution in [0.4, 0.5) is 0 Å². The van der Waals surface area contributed by atoms with Crippen LogP contribution in [0, 0.1) is 13.8 Å². The molecule has 21 heavy (non-hydrogen) atoms. The molecule has 1 aromatic heterocycles. The standard InChI is InChI=1S/C15H28N4S2/c1-5-16-15(17-9-6-7-11-20-4)18-10-8-14-12(2)19-13(3)21-14/h5-11H2,1-4H3,(H2,16,17,18). The maximum atomic E-state index is 4.62. The lowest BCUT2D eigenvalue weighted by Crippen LogP contribution is -2.38. The van der Waals surface area contributed by atoms with Crippen molar-refractivity contribution < 1.29 is 0 Å². The summed E-state index contributed by atoms with van der Waals surface area (Å²) in [5.41, 5.74) is 1.17. The Hall–Kier alpha value is -0.750. The van der Waals surface area contributed by atoms with Crippen LogP contribution in [0.1, 0.15) is 35.3 Å². The van der Waals surface area contributed by atoms with E-state index in [9.17, 15) is 0 Å². The summed E-state index contributed by atoms with van der Waals surface area (Å²) in [6.45, 7) is 8.95. The van der Waals surface area contributed by atoms with Crippen molar-refractivity contribution in [2.24, 2.45) is 4.99 Å². The predicted molar refractivity (Wildman–Crippen MR) is 96.9 cm³/mol. The summed E-state index contributed by atoms with van der Waals surface area (Å²) in [6, 6.07) is 0. The van der Waals surface area contributed by atoms with Crippen molar-refractivity contribution in [1.82, 2.24) is 15.6 Å². The Kier molecular flexibility index (Phi) is 9.50. The van der Waals surface area contributed by atoms with Crippen LogP contribution in [0.3, 0.4) is 0 Å². The van der Waals surface area contributed by atoms with Crippen LogP contribution in [0.5, 0.6) is 0 Å². The molecule has 1 rings (SSSR count). The molecule has 0 unspecified atom stereocenters. The molecule has 0 aliphatic carbocycles.